The van der Waals surface area contributed by atoms with E-state index in [0.29, 0.717) is 30.4 Å². The lowest BCUT2D eigenvalue weighted by atomic mass is 9.87. The molecule has 3 rings (SSSR count). The normalized spacial score (nSPS) is 11.1. The third kappa shape index (κ3) is 4.91. The number of benzene rings is 3. The molecule has 0 radical (unpaired) electrons. The van der Waals surface area contributed by atoms with Crippen LogP contribution in [0.4, 0.5) is 17.6 Å². The molecular formula is C25H22ClF4NO. The minimum atomic E-state index is -3.24. The maximum atomic E-state index is 15.4. The Morgan fingerprint density at radius 1 is 1.06 bits per heavy atom. The van der Waals surface area contributed by atoms with E-state index in [-0.39, 0.29) is 27.4 Å². The van der Waals surface area contributed by atoms with Crippen LogP contribution in [0, 0.1) is 11.6 Å². The molecule has 0 aromatic heterocycles. The van der Waals surface area contributed by atoms with Crippen LogP contribution in [0.5, 0.6) is 5.75 Å². The summed E-state index contributed by atoms with van der Waals surface area (Å²) in [6.07, 6.45) is 1.50. The summed E-state index contributed by atoms with van der Waals surface area (Å²) in [5.74, 6) is -2.53. The fourth-order valence-electron chi connectivity index (χ4n) is 3.78. The summed E-state index contributed by atoms with van der Waals surface area (Å²) in [6, 6.07) is 13.3. The zero-order valence-electron chi connectivity index (χ0n) is 17.4. The second-order valence-electron chi connectivity index (χ2n) is 7.23. The van der Waals surface area contributed by atoms with Crippen molar-refractivity contribution in [2.24, 2.45) is 5.73 Å². The number of hydrogen-bond donors (Lipinski definition) is 1. The lowest BCUT2D eigenvalue weighted by Crippen LogP contribution is -2.09. The van der Waals surface area contributed by atoms with Crippen molar-refractivity contribution in [3.8, 4) is 16.9 Å². The summed E-state index contributed by atoms with van der Waals surface area (Å²) in [7, 11) is 0. The summed E-state index contributed by atoms with van der Waals surface area (Å²) < 4.78 is 60.2. The van der Waals surface area contributed by atoms with Crippen LogP contribution in [0.25, 0.3) is 16.8 Å². The second kappa shape index (κ2) is 10.1. The number of rotatable bonds is 8. The first-order chi connectivity index (χ1) is 15.2. The van der Waals surface area contributed by atoms with Crippen molar-refractivity contribution in [2.75, 3.05) is 0 Å². The van der Waals surface area contributed by atoms with Crippen LogP contribution in [0.3, 0.4) is 0 Å². The van der Waals surface area contributed by atoms with Gasteiger partial charge in [-0.25, -0.2) is 8.78 Å². The molecule has 0 aliphatic rings. The Labute approximate surface area is 189 Å². The molecule has 3 aromatic rings. The molecule has 0 saturated carbocycles. The number of ether oxygens (including phenoxy) is 1. The van der Waals surface area contributed by atoms with Gasteiger partial charge < -0.3 is 10.5 Å². The van der Waals surface area contributed by atoms with Crippen molar-refractivity contribution < 1.29 is 22.3 Å². The molecule has 7 heteroatoms. The summed E-state index contributed by atoms with van der Waals surface area (Å²) in [5.41, 5.74) is 8.10. The zero-order chi connectivity index (χ0) is 23.4. The Balaban J connectivity index is 2.22. The monoisotopic (exact) mass is 463 g/mol. The van der Waals surface area contributed by atoms with E-state index in [2.05, 4.69) is 11.3 Å². The van der Waals surface area contributed by atoms with Gasteiger partial charge in [0.15, 0.2) is 11.6 Å². The molecule has 0 amide bonds. The highest BCUT2D eigenvalue weighted by molar-refractivity contribution is 6.34. The van der Waals surface area contributed by atoms with Crippen LogP contribution in [-0.2, 0) is 19.3 Å². The van der Waals surface area contributed by atoms with Gasteiger partial charge in [0.25, 0.3) is 0 Å². The van der Waals surface area contributed by atoms with Gasteiger partial charge in [0, 0.05) is 22.4 Å². The van der Waals surface area contributed by atoms with E-state index in [0.717, 1.165) is 11.6 Å². The maximum absolute atomic E-state index is 15.4. The van der Waals surface area contributed by atoms with E-state index < -0.39 is 24.0 Å². The highest BCUT2D eigenvalue weighted by Crippen LogP contribution is 2.43. The minimum Gasteiger partial charge on any atom is -0.432 e. The minimum absolute atomic E-state index is 0.0179. The number of alkyl halides is 2. The van der Waals surface area contributed by atoms with Crippen LogP contribution in [0.15, 0.2) is 55.1 Å². The van der Waals surface area contributed by atoms with Gasteiger partial charge in [-0.05, 0) is 54.2 Å². The Bertz CT molecular complexity index is 1130. The molecule has 0 aliphatic heterocycles. The van der Waals surface area contributed by atoms with E-state index in [4.69, 9.17) is 17.3 Å². The van der Waals surface area contributed by atoms with E-state index >= 15 is 4.39 Å². The predicted octanol–water partition coefficient (Wildman–Crippen LogP) is 7.16. The fraction of sp³-hybridized carbons (Fsp3) is 0.200. The van der Waals surface area contributed by atoms with Crippen molar-refractivity contribution in [1.82, 2.24) is 0 Å². The summed E-state index contributed by atoms with van der Waals surface area (Å²) >= 11 is 6.31. The molecule has 0 atom stereocenters. The molecule has 0 bridgehead atoms. The van der Waals surface area contributed by atoms with Gasteiger partial charge >= 0.3 is 6.61 Å². The Morgan fingerprint density at radius 3 is 2.34 bits per heavy atom. The number of halogens is 5. The van der Waals surface area contributed by atoms with Gasteiger partial charge in [-0.1, -0.05) is 55.4 Å². The largest absolute Gasteiger partial charge is 0.432 e. The van der Waals surface area contributed by atoms with Crippen LogP contribution >= 0.6 is 11.6 Å². The average Bonchev–Trinajstić information content (AvgIpc) is 2.76. The summed E-state index contributed by atoms with van der Waals surface area (Å²) in [6.45, 7) is 2.22. The van der Waals surface area contributed by atoms with Gasteiger partial charge in [0.1, 0.15) is 5.82 Å². The van der Waals surface area contributed by atoms with Gasteiger partial charge in [-0.2, -0.15) is 8.78 Å². The standard InChI is InChI=1S/C25H22ClF4NO/c1-3-17-16(10-9-15-7-5-4-6-8-15)13-19(27)23(26)21(17)22-18(14(2)31)11-12-20(24(22)28)32-25(29)30/h4-8,11-13,25H,2-3,9-10,31H2,1H3. The summed E-state index contributed by atoms with van der Waals surface area (Å²) in [4.78, 5) is 0. The Morgan fingerprint density at radius 2 is 1.75 bits per heavy atom. The smallest absolute Gasteiger partial charge is 0.387 e. The molecule has 0 aliphatic carbocycles. The van der Waals surface area contributed by atoms with Gasteiger partial charge in [0.2, 0.25) is 0 Å². The van der Waals surface area contributed by atoms with Crippen LogP contribution < -0.4 is 10.5 Å². The van der Waals surface area contributed by atoms with E-state index in [9.17, 15) is 13.2 Å². The quantitative estimate of drug-likeness (QED) is 0.359. The van der Waals surface area contributed by atoms with Gasteiger partial charge in [0.05, 0.1) is 5.02 Å². The average molecular weight is 464 g/mol. The highest BCUT2D eigenvalue weighted by Gasteiger charge is 2.26. The highest BCUT2D eigenvalue weighted by atomic mass is 35.5. The lowest BCUT2D eigenvalue weighted by Gasteiger charge is -2.21. The maximum Gasteiger partial charge on any atom is 0.387 e. The van der Waals surface area contributed by atoms with Gasteiger partial charge in [-0.15, -0.1) is 0 Å². The molecule has 2 N–H and O–H groups in total. The molecule has 3 aromatic carbocycles. The van der Waals surface area contributed by atoms with E-state index in [1.165, 1.54) is 12.1 Å². The first-order valence-electron chi connectivity index (χ1n) is 10.0. The molecule has 0 heterocycles. The summed E-state index contributed by atoms with van der Waals surface area (Å²) in [5, 5.41) is -0.319. The zero-order valence-corrected chi connectivity index (χ0v) is 18.2. The first-order valence-corrected chi connectivity index (χ1v) is 10.4. The van der Waals surface area contributed by atoms with Crippen LogP contribution in [0.1, 0.15) is 29.2 Å². The third-order valence-corrected chi connectivity index (χ3v) is 5.59. The lowest BCUT2D eigenvalue weighted by molar-refractivity contribution is -0.0521. The third-order valence-electron chi connectivity index (χ3n) is 5.22. The fourth-order valence-corrected chi connectivity index (χ4v) is 4.05. The first kappa shape index (κ1) is 23.7. The second-order valence-corrected chi connectivity index (χ2v) is 7.61. The molecule has 0 saturated heterocycles. The number of hydrogen-bond acceptors (Lipinski definition) is 2. The molecular weight excluding hydrogens is 442 g/mol. The van der Waals surface area contributed by atoms with Gasteiger partial charge in [-0.3, -0.25) is 0 Å². The van der Waals surface area contributed by atoms with Crippen molar-refractivity contribution in [3.05, 3.63) is 94.0 Å². The number of nitrogens with two attached hydrogens (primary N) is 1. The van der Waals surface area contributed by atoms with E-state index in [1.54, 1.807) is 0 Å². The van der Waals surface area contributed by atoms with Crippen LogP contribution in [0.2, 0.25) is 5.02 Å². The molecule has 168 valence electrons. The Hall–Kier alpha value is -2.99. The van der Waals surface area contributed by atoms with Crippen LogP contribution in [-0.4, -0.2) is 6.61 Å². The van der Waals surface area contributed by atoms with Crippen molar-refractivity contribution >= 4 is 17.3 Å². The predicted molar refractivity (Wildman–Crippen MR) is 120 cm³/mol. The van der Waals surface area contributed by atoms with Crippen molar-refractivity contribution in [1.29, 1.82) is 0 Å². The van der Waals surface area contributed by atoms with Crippen molar-refractivity contribution in [2.45, 2.75) is 32.8 Å². The Kier molecular flexibility index (Phi) is 7.46. The topological polar surface area (TPSA) is 35.2 Å². The molecule has 32 heavy (non-hydrogen) atoms. The number of aryl methyl sites for hydroxylation is 2. The van der Waals surface area contributed by atoms with Crippen molar-refractivity contribution in [3.63, 3.8) is 0 Å². The molecule has 2 nitrogen and oxygen atoms in total. The van der Waals surface area contributed by atoms with E-state index in [1.807, 2.05) is 37.3 Å². The molecule has 0 fully saturated rings. The molecule has 0 spiro atoms. The molecule has 0 unspecified atom stereocenters. The SMILES string of the molecule is C=C(N)c1ccc(OC(F)F)c(F)c1-c1c(Cl)c(F)cc(CCc2ccccc2)c1CC.